The number of fused-ring (bicyclic) bond motifs is 1. The Labute approximate surface area is 149 Å². The van der Waals surface area contributed by atoms with Crippen molar-refractivity contribution in [3.63, 3.8) is 0 Å². The summed E-state index contributed by atoms with van der Waals surface area (Å²) in [6.45, 7) is 7.77. The zero-order chi connectivity index (χ0) is 17.2. The molecule has 3 heterocycles. The molecule has 0 spiro atoms. The fourth-order valence-corrected chi connectivity index (χ4v) is 3.79. The van der Waals surface area contributed by atoms with Crippen molar-refractivity contribution < 1.29 is 0 Å². The van der Waals surface area contributed by atoms with Crippen molar-refractivity contribution in [2.24, 2.45) is 5.92 Å². The molecule has 1 fully saturated rings. The summed E-state index contributed by atoms with van der Waals surface area (Å²) >= 11 is 0. The normalized spacial score (nSPS) is 21.5. The first kappa shape index (κ1) is 16.2. The van der Waals surface area contributed by atoms with Gasteiger partial charge in [-0.1, -0.05) is 37.3 Å². The number of nitrogens with zero attached hydrogens (tertiary/aromatic N) is 2. The number of pyridine rings is 1. The number of aryl methyl sites for hydroxylation is 1. The van der Waals surface area contributed by atoms with E-state index in [9.17, 15) is 0 Å². The minimum absolute atomic E-state index is 0.455. The molecule has 4 nitrogen and oxygen atoms in total. The first-order chi connectivity index (χ1) is 12.2. The Morgan fingerprint density at radius 2 is 2.08 bits per heavy atom. The number of hydrogen-bond acceptors (Lipinski definition) is 3. The Morgan fingerprint density at radius 3 is 2.92 bits per heavy atom. The highest BCUT2D eigenvalue weighted by atomic mass is 15.2. The van der Waals surface area contributed by atoms with Gasteiger partial charge in [-0.25, -0.2) is 4.98 Å². The number of rotatable bonds is 4. The number of anilines is 1. The van der Waals surface area contributed by atoms with E-state index < -0.39 is 0 Å². The van der Waals surface area contributed by atoms with Crippen molar-refractivity contribution in [2.45, 2.75) is 32.9 Å². The van der Waals surface area contributed by atoms with Gasteiger partial charge < -0.3 is 10.3 Å². The molecule has 0 saturated carbocycles. The molecule has 0 radical (unpaired) electrons. The van der Waals surface area contributed by atoms with Crippen LogP contribution in [-0.2, 0) is 6.54 Å². The van der Waals surface area contributed by atoms with Gasteiger partial charge in [0.25, 0.3) is 0 Å². The van der Waals surface area contributed by atoms with Gasteiger partial charge >= 0.3 is 0 Å². The Morgan fingerprint density at radius 1 is 1.24 bits per heavy atom. The Bertz CT molecular complexity index is 839. The second kappa shape index (κ2) is 6.89. The lowest BCUT2D eigenvalue weighted by Gasteiger charge is -2.38. The number of hydrogen-bond donors (Lipinski definition) is 2. The van der Waals surface area contributed by atoms with Crippen molar-refractivity contribution in [3.05, 3.63) is 59.9 Å². The molecular formula is C21H26N4. The predicted octanol–water partition coefficient (Wildman–Crippen LogP) is 4.19. The van der Waals surface area contributed by atoms with Crippen LogP contribution in [0, 0.1) is 12.8 Å². The summed E-state index contributed by atoms with van der Waals surface area (Å²) in [5.74, 6) is 0.661. The van der Waals surface area contributed by atoms with Crippen LogP contribution < -0.4 is 5.32 Å². The molecule has 0 amide bonds. The van der Waals surface area contributed by atoms with Crippen molar-refractivity contribution >= 4 is 16.7 Å². The number of H-pyrrole nitrogens is 1. The monoisotopic (exact) mass is 334 g/mol. The third-order valence-corrected chi connectivity index (χ3v) is 5.40. The Balaban J connectivity index is 1.52. The van der Waals surface area contributed by atoms with Gasteiger partial charge in [-0.3, -0.25) is 4.90 Å². The molecule has 1 aliphatic heterocycles. The molecule has 4 heteroatoms. The zero-order valence-electron chi connectivity index (χ0n) is 15.0. The summed E-state index contributed by atoms with van der Waals surface area (Å²) in [7, 11) is 0. The van der Waals surface area contributed by atoms with Crippen LogP contribution in [-0.4, -0.2) is 34.0 Å². The van der Waals surface area contributed by atoms with Crippen molar-refractivity contribution in [1.29, 1.82) is 0 Å². The van der Waals surface area contributed by atoms with Crippen LogP contribution >= 0.6 is 0 Å². The van der Waals surface area contributed by atoms with E-state index >= 15 is 0 Å². The van der Waals surface area contributed by atoms with Crippen LogP contribution in [0.1, 0.15) is 24.5 Å². The largest absolute Gasteiger partial charge is 0.380 e. The molecular weight excluding hydrogens is 308 g/mol. The predicted molar refractivity (Wildman–Crippen MR) is 104 cm³/mol. The number of likely N-dealkylation sites (tertiary alicyclic amines) is 1. The van der Waals surface area contributed by atoms with Gasteiger partial charge in [-0.15, -0.1) is 0 Å². The van der Waals surface area contributed by atoms with Crippen molar-refractivity contribution in [3.8, 4) is 0 Å². The molecule has 2 atom stereocenters. The Kier molecular flexibility index (Phi) is 4.45. The summed E-state index contributed by atoms with van der Waals surface area (Å²) in [5, 5.41) is 5.03. The number of nitrogens with one attached hydrogen (secondary N) is 2. The molecule has 130 valence electrons. The van der Waals surface area contributed by atoms with Crippen molar-refractivity contribution in [1.82, 2.24) is 14.9 Å². The first-order valence-corrected chi connectivity index (χ1v) is 9.16. The highest BCUT2D eigenvalue weighted by Gasteiger charge is 2.27. The molecule has 1 saturated heterocycles. The van der Waals surface area contributed by atoms with E-state index in [0.717, 1.165) is 18.7 Å². The number of aromatic amines is 1. The van der Waals surface area contributed by atoms with Gasteiger partial charge in [0.05, 0.1) is 0 Å². The maximum absolute atomic E-state index is 4.48. The van der Waals surface area contributed by atoms with Gasteiger partial charge in [0.2, 0.25) is 0 Å². The molecule has 1 aliphatic rings. The molecule has 25 heavy (non-hydrogen) atoms. The third kappa shape index (κ3) is 3.40. The fourth-order valence-electron chi connectivity index (χ4n) is 3.79. The van der Waals surface area contributed by atoms with Gasteiger partial charge in [-0.05, 0) is 43.0 Å². The van der Waals surface area contributed by atoms with Gasteiger partial charge in [0.1, 0.15) is 5.65 Å². The van der Waals surface area contributed by atoms with E-state index in [1.165, 1.54) is 35.2 Å². The molecule has 0 bridgehead atoms. The summed E-state index contributed by atoms with van der Waals surface area (Å²) in [6.07, 6.45) is 5.15. The zero-order valence-corrected chi connectivity index (χ0v) is 15.0. The summed E-state index contributed by atoms with van der Waals surface area (Å²) in [6, 6.07) is 13.3. The van der Waals surface area contributed by atoms with E-state index in [1.54, 1.807) is 0 Å². The number of piperidine rings is 1. The summed E-state index contributed by atoms with van der Waals surface area (Å²) < 4.78 is 0. The van der Waals surface area contributed by atoms with E-state index in [4.69, 9.17) is 0 Å². The first-order valence-electron chi connectivity index (χ1n) is 9.16. The maximum atomic E-state index is 4.48. The molecule has 0 aliphatic carbocycles. The van der Waals surface area contributed by atoms with Gasteiger partial charge in [0.15, 0.2) is 0 Å². The molecule has 3 aromatic rings. The minimum Gasteiger partial charge on any atom is -0.380 e. The van der Waals surface area contributed by atoms with Crippen LogP contribution in [0.4, 0.5) is 5.69 Å². The number of benzene rings is 1. The minimum atomic E-state index is 0.455. The average Bonchev–Trinajstić information content (AvgIpc) is 3.10. The van der Waals surface area contributed by atoms with E-state index in [0.29, 0.717) is 12.0 Å². The van der Waals surface area contributed by atoms with Crippen LogP contribution in [0.5, 0.6) is 0 Å². The molecule has 2 N–H and O–H groups in total. The SMILES string of the molecule is Cc1cnc2[nH]ccc2c1N[C@H]1CN(Cc2ccccc2)CC[C@H]1C. The molecule has 1 aromatic carbocycles. The van der Waals surface area contributed by atoms with Crippen LogP contribution in [0.2, 0.25) is 0 Å². The second-order valence-corrected chi connectivity index (χ2v) is 7.29. The molecule has 0 unspecified atom stereocenters. The average molecular weight is 334 g/mol. The lowest BCUT2D eigenvalue weighted by molar-refractivity contribution is 0.170. The highest BCUT2D eigenvalue weighted by molar-refractivity contribution is 5.91. The number of aromatic nitrogens is 2. The van der Waals surface area contributed by atoms with Crippen LogP contribution in [0.25, 0.3) is 11.0 Å². The van der Waals surface area contributed by atoms with E-state index in [-0.39, 0.29) is 0 Å². The lowest BCUT2D eigenvalue weighted by Crippen LogP contribution is -2.46. The standard InChI is InChI=1S/C21H26N4/c1-15-9-11-25(13-17-6-4-3-5-7-17)14-19(15)24-20-16(2)12-23-21-18(20)8-10-22-21/h3-8,10,12,15,19H,9,11,13-14H2,1-2H3,(H2,22,23,24)/t15-,19+/m1/s1. The smallest absolute Gasteiger partial charge is 0.139 e. The van der Waals surface area contributed by atoms with E-state index in [2.05, 4.69) is 70.4 Å². The van der Waals surface area contributed by atoms with Crippen LogP contribution in [0.3, 0.4) is 0 Å². The Hall–Kier alpha value is -2.33. The molecule has 4 rings (SSSR count). The van der Waals surface area contributed by atoms with Crippen LogP contribution in [0.15, 0.2) is 48.8 Å². The topological polar surface area (TPSA) is 44.0 Å². The summed E-state index contributed by atoms with van der Waals surface area (Å²) in [5.41, 5.74) is 4.78. The lowest BCUT2D eigenvalue weighted by atomic mass is 9.92. The summed E-state index contributed by atoms with van der Waals surface area (Å²) in [4.78, 5) is 10.3. The van der Waals surface area contributed by atoms with E-state index in [1.807, 2.05) is 12.4 Å². The highest BCUT2D eigenvalue weighted by Crippen LogP contribution is 2.29. The van der Waals surface area contributed by atoms with Crippen molar-refractivity contribution in [2.75, 3.05) is 18.4 Å². The fraction of sp³-hybridized carbons (Fsp3) is 0.381. The van der Waals surface area contributed by atoms with Gasteiger partial charge in [0, 0.05) is 42.6 Å². The quantitative estimate of drug-likeness (QED) is 0.752. The third-order valence-electron chi connectivity index (χ3n) is 5.40. The van der Waals surface area contributed by atoms with Gasteiger partial charge in [-0.2, -0.15) is 0 Å². The second-order valence-electron chi connectivity index (χ2n) is 7.29. The maximum Gasteiger partial charge on any atom is 0.139 e. The molecule has 2 aromatic heterocycles.